The molecule has 120 valence electrons. The van der Waals surface area contributed by atoms with Crippen molar-refractivity contribution in [2.45, 2.75) is 18.4 Å². The van der Waals surface area contributed by atoms with Crippen molar-refractivity contribution in [3.8, 4) is 0 Å². The van der Waals surface area contributed by atoms with Gasteiger partial charge in [-0.3, -0.25) is 0 Å². The fourth-order valence-electron chi connectivity index (χ4n) is 1.26. The first kappa shape index (κ1) is 37.8. The minimum atomic E-state index is -2.97. The number of aliphatic carboxylic acids is 3. The summed E-state index contributed by atoms with van der Waals surface area (Å²) in [5, 5.41) is 49.0. The quantitative estimate of drug-likeness (QED) is 0.452. The fourth-order valence-corrected chi connectivity index (χ4v) is 1.26. The second kappa shape index (κ2) is 19.4. The molecule has 0 saturated heterocycles. The van der Waals surface area contributed by atoms with Crippen molar-refractivity contribution in [1.29, 1.82) is 0 Å². The zero-order valence-electron chi connectivity index (χ0n) is 15.0. The molecule has 0 aliphatic heterocycles. The van der Waals surface area contributed by atoms with Crippen LogP contribution in [-0.2, 0) is 14.4 Å². The van der Waals surface area contributed by atoms with Gasteiger partial charge in [-0.2, -0.15) is 0 Å². The van der Waals surface area contributed by atoms with Gasteiger partial charge < -0.3 is 44.7 Å². The summed E-state index contributed by atoms with van der Waals surface area (Å²) < 4.78 is 0. The topological polar surface area (TPSA) is 181 Å². The molecule has 1 N–H and O–H groups in total. The normalized spacial score (nSPS) is 8.50. The van der Waals surface area contributed by atoms with Crippen molar-refractivity contribution in [3.63, 3.8) is 0 Å². The van der Waals surface area contributed by atoms with Crippen LogP contribution in [0.25, 0.3) is 0 Å². The molecule has 0 fully saturated rings. The molecule has 26 heavy (non-hydrogen) atoms. The van der Waals surface area contributed by atoms with Crippen molar-refractivity contribution in [1.82, 2.24) is 0 Å². The molecule has 13 heteroatoms. The van der Waals surface area contributed by atoms with Crippen molar-refractivity contribution < 1.29 is 163 Å². The largest absolute Gasteiger partial charge is 1.00 e. The Morgan fingerprint density at radius 2 is 1.12 bits per heavy atom. The van der Waals surface area contributed by atoms with E-state index in [1.165, 1.54) is 12.1 Å². The Balaban J connectivity index is -0.000000102. The van der Waals surface area contributed by atoms with Gasteiger partial charge in [0.1, 0.15) is 5.60 Å². The van der Waals surface area contributed by atoms with Crippen molar-refractivity contribution in [3.05, 3.63) is 35.9 Å². The van der Waals surface area contributed by atoms with Crippen LogP contribution in [0.2, 0.25) is 0 Å². The molecule has 0 amide bonds. The Hall–Kier alpha value is 1.06. The van der Waals surface area contributed by atoms with Crippen LogP contribution >= 0.6 is 0 Å². The maximum atomic E-state index is 10.1. The molecule has 1 aromatic carbocycles. The second-order valence-corrected chi connectivity index (χ2v) is 4.07. The smallest absolute Gasteiger partial charge is 0.550 e. The maximum absolute atomic E-state index is 10.1. The molecule has 1 rings (SSSR count). The second-order valence-electron chi connectivity index (χ2n) is 4.07. The predicted molar refractivity (Wildman–Crippen MR) is 60.0 cm³/mol. The summed E-state index contributed by atoms with van der Waals surface area (Å²) in [5.41, 5.74) is -2.75. The Morgan fingerprint density at radius 1 is 0.769 bits per heavy atom. The zero-order valence-corrected chi connectivity index (χ0v) is 23.0. The number of carboxylic acids is 4. The van der Waals surface area contributed by atoms with Gasteiger partial charge in [0.05, 0.1) is 11.9 Å². The van der Waals surface area contributed by atoms with Crippen LogP contribution in [0.4, 0.5) is 0 Å². The van der Waals surface area contributed by atoms with Crippen molar-refractivity contribution in [2.75, 3.05) is 0 Å². The summed E-state index contributed by atoms with van der Waals surface area (Å²) in [6.07, 6.45) is -2.72. The minimum Gasteiger partial charge on any atom is -0.550 e. The molecule has 0 atom stereocenters. The van der Waals surface area contributed by atoms with Crippen LogP contribution in [0, 0.1) is 0 Å². The summed E-state index contributed by atoms with van der Waals surface area (Å²) >= 11 is 0. The number of carboxylic acid groups (broad SMARTS) is 4. The number of hydrogen-bond donors (Lipinski definition) is 1. The van der Waals surface area contributed by atoms with Gasteiger partial charge in [-0.25, -0.2) is 0 Å². The summed E-state index contributed by atoms with van der Waals surface area (Å²) in [7, 11) is 0. The van der Waals surface area contributed by atoms with Crippen LogP contribution in [0.5, 0.6) is 0 Å². The number of benzene rings is 1. The molecule has 0 aromatic heterocycles. The fraction of sp³-hybridized carbons (Fsp3) is 0.231. The third-order valence-electron chi connectivity index (χ3n) is 2.26. The number of hydrogen-bond acceptors (Lipinski definition) is 9. The van der Waals surface area contributed by atoms with E-state index < -0.39 is 42.3 Å². The van der Waals surface area contributed by atoms with E-state index in [4.69, 9.17) is 5.11 Å². The molecular weight excluding hydrogens is 392 g/mol. The van der Waals surface area contributed by atoms with Gasteiger partial charge in [0.25, 0.3) is 0 Å². The number of carbonyl (C=O) groups excluding carboxylic acids is 4. The monoisotopic (exact) mass is 402 g/mol. The Morgan fingerprint density at radius 3 is 1.31 bits per heavy atom. The molecule has 0 heterocycles. The van der Waals surface area contributed by atoms with Gasteiger partial charge in [-0.15, -0.1) is 0 Å². The molecule has 0 radical (unpaired) electrons. The molecule has 0 bridgehead atoms. The third-order valence-corrected chi connectivity index (χ3v) is 2.26. The third kappa shape index (κ3) is 17.2. The number of carbonyl (C=O) groups is 4. The SMILES string of the molecule is O=C([O-])CC(O)(CC(=O)[O-])C(=O)[O-].O=C([O-])c1ccccc1.[Na+].[Na+].[Na+].[Na+]. The van der Waals surface area contributed by atoms with E-state index in [9.17, 15) is 39.6 Å². The molecule has 0 aliphatic carbocycles. The number of aliphatic hydroxyl groups is 1. The minimum absolute atomic E-state index is 0. The van der Waals surface area contributed by atoms with Crippen LogP contribution in [0.1, 0.15) is 23.2 Å². The van der Waals surface area contributed by atoms with Gasteiger partial charge >= 0.3 is 118 Å². The van der Waals surface area contributed by atoms with Gasteiger partial charge in [0, 0.05) is 24.8 Å². The summed E-state index contributed by atoms with van der Waals surface area (Å²) in [5.74, 6) is -7.11. The molecular formula is C13H10Na4O9. The average Bonchev–Trinajstić information content (AvgIpc) is 2.38. The van der Waals surface area contributed by atoms with E-state index in [2.05, 4.69) is 0 Å². The van der Waals surface area contributed by atoms with Gasteiger partial charge in [0.2, 0.25) is 0 Å². The van der Waals surface area contributed by atoms with Crippen molar-refractivity contribution in [2.24, 2.45) is 0 Å². The average molecular weight is 402 g/mol. The zero-order chi connectivity index (χ0) is 17.3. The Kier molecular flexibility index (Phi) is 28.1. The van der Waals surface area contributed by atoms with Crippen LogP contribution in [0.3, 0.4) is 0 Å². The molecule has 0 spiro atoms. The first-order chi connectivity index (χ1) is 10.1. The molecule has 0 aliphatic rings. The first-order valence-electron chi connectivity index (χ1n) is 5.68. The number of rotatable bonds is 6. The Bertz CT molecular complexity index is 550. The van der Waals surface area contributed by atoms with E-state index in [-0.39, 0.29) is 124 Å². The van der Waals surface area contributed by atoms with Crippen LogP contribution in [-0.4, -0.2) is 34.6 Å². The summed E-state index contributed by atoms with van der Waals surface area (Å²) in [6, 6.07) is 8.06. The predicted octanol–water partition coefficient (Wildman–Crippen LogP) is -17.2. The molecule has 9 nitrogen and oxygen atoms in total. The van der Waals surface area contributed by atoms with E-state index in [1.54, 1.807) is 18.2 Å². The molecule has 0 unspecified atom stereocenters. The van der Waals surface area contributed by atoms with E-state index >= 15 is 0 Å². The van der Waals surface area contributed by atoms with E-state index in [0.717, 1.165) is 0 Å². The maximum Gasteiger partial charge on any atom is 1.00 e. The van der Waals surface area contributed by atoms with Crippen LogP contribution < -0.4 is 139 Å². The summed E-state index contributed by atoms with van der Waals surface area (Å²) in [6.45, 7) is 0. The first-order valence-corrected chi connectivity index (χ1v) is 5.68. The molecule has 1 aromatic rings. The standard InChI is InChI=1S/C7H6O2.C6H8O7.4Na/c8-7(9)6-4-2-1-3-5-6;7-3(8)1-6(13,5(11)12)2-4(9)10;;;;/h1-5H,(H,8,9);13H,1-2H2,(H,7,8)(H,9,10)(H,11,12);;;;/q;;4*+1/p-4. The van der Waals surface area contributed by atoms with Crippen LogP contribution in [0.15, 0.2) is 30.3 Å². The van der Waals surface area contributed by atoms with Crippen molar-refractivity contribution >= 4 is 23.9 Å². The molecule has 0 saturated carbocycles. The van der Waals surface area contributed by atoms with Gasteiger partial charge in [0.15, 0.2) is 0 Å². The van der Waals surface area contributed by atoms with E-state index in [0.29, 0.717) is 0 Å². The van der Waals surface area contributed by atoms with Gasteiger partial charge in [-0.05, 0) is 5.56 Å². The number of aromatic carboxylic acids is 1. The Labute approximate surface area is 237 Å². The van der Waals surface area contributed by atoms with Gasteiger partial charge in [-0.1, -0.05) is 30.3 Å². The summed E-state index contributed by atoms with van der Waals surface area (Å²) in [4.78, 5) is 40.1. The van der Waals surface area contributed by atoms with E-state index in [1.807, 2.05) is 0 Å².